The predicted octanol–water partition coefficient (Wildman–Crippen LogP) is 6.42. The molecular weight excluding hydrogens is 819 g/mol. The molecule has 2 saturated carbocycles. The van der Waals surface area contributed by atoms with Crippen molar-refractivity contribution < 1.29 is 57.6 Å². The summed E-state index contributed by atoms with van der Waals surface area (Å²) in [4.78, 5) is 85.2. The Balaban J connectivity index is 1.37. The van der Waals surface area contributed by atoms with Crippen molar-refractivity contribution in [1.82, 2.24) is 0 Å². The van der Waals surface area contributed by atoms with Crippen molar-refractivity contribution in [3.8, 4) is 0 Å². The van der Waals surface area contributed by atoms with Crippen LogP contribution in [0.25, 0.3) is 6.08 Å². The Bertz CT molecular complexity index is 2400. The Hall–Kier alpha value is -5.76. The van der Waals surface area contributed by atoms with Crippen LogP contribution < -0.4 is 4.90 Å². The highest BCUT2D eigenvalue weighted by Gasteiger charge is 2.78. The summed E-state index contributed by atoms with van der Waals surface area (Å²) in [6.07, 6.45) is -2.33. The van der Waals surface area contributed by atoms with Gasteiger partial charge in [-0.05, 0) is 66.0 Å². The maximum Gasteiger partial charge on any atom is 0.303 e. The second-order valence-corrected chi connectivity index (χ2v) is 18.5. The highest BCUT2D eigenvalue weighted by Crippen LogP contribution is 2.66. The first-order chi connectivity index (χ1) is 30.1. The third-order valence-electron chi connectivity index (χ3n) is 14.2. The van der Waals surface area contributed by atoms with E-state index in [1.165, 1.54) is 26.8 Å². The molecule has 13 heteroatoms. The topological polar surface area (TPSA) is 172 Å². The summed E-state index contributed by atoms with van der Waals surface area (Å²) in [5, 5.41) is 13.7. The van der Waals surface area contributed by atoms with Crippen LogP contribution in [0.5, 0.6) is 0 Å². The molecule has 3 fully saturated rings. The fourth-order valence-electron chi connectivity index (χ4n) is 10.8. The average molecular weight is 876 g/mol. The number of carbonyl (C=O) groups is 6. The molecule has 338 valence electrons. The SMILES string of the molecule is CC(=O)O[C@H]1C(=O)[C@@]2(C)C([C@H](OCc3ccccc3)[C@]3(O)C[C@H](OC(C)=O)C(C)=C1C3(C)C)[C@]1(OC(C)=O)CO[C@@H]1C[C@@H]2C(=O)/C=C/c1ccc(C(=O)c2ccc(N(C)C)cc2)cc1. The van der Waals surface area contributed by atoms with E-state index >= 15 is 4.79 Å². The fourth-order valence-corrected chi connectivity index (χ4v) is 10.8. The number of allylic oxidation sites excluding steroid dienone is 1. The quantitative estimate of drug-likeness (QED) is 0.0696. The molecule has 7 rings (SSSR count). The van der Waals surface area contributed by atoms with Crippen molar-refractivity contribution in [3.05, 3.63) is 118 Å². The third kappa shape index (κ3) is 7.92. The van der Waals surface area contributed by atoms with Gasteiger partial charge in [-0.1, -0.05) is 81.4 Å². The Morgan fingerprint density at radius 2 is 1.45 bits per heavy atom. The van der Waals surface area contributed by atoms with Gasteiger partial charge in [0, 0.05) is 80.8 Å². The fraction of sp³-hybridized carbons (Fsp3) is 0.451. The molecule has 13 nitrogen and oxygen atoms in total. The van der Waals surface area contributed by atoms with E-state index in [-0.39, 0.29) is 37.4 Å². The minimum atomic E-state index is -2.02. The molecule has 0 radical (unpaired) electrons. The van der Waals surface area contributed by atoms with Crippen LogP contribution in [-0.2, 0) is 54.3 Å². The lowest BCUT2D eigenvalue weighted by atomic mass is 9.42. The monoisotopic (exact) mass is 875 g/mol. The summed E-state index contributed by atoms with van der Waals surface area (Å²) in [5.74, 6) is -5.88. The largest absolute Gasteiger partial charge is 0.458 e. The van der Waals surface area contributed by atoms with Gasteiger partial charge in [-0.25, -0.2) is 0 Å². The van der Waals surface area contributed by atoms with Gasteiger partial charge in [0.2, 0.25) is 0 Å². The third-order valence-corrected chi connectivity index (χ3v) is 14.2. The molecule has 64 heavy (non-hydrogen) atoms. The highest BCUT2D eigenvalue weighted by molar-refractivity contribution is 6.09. The lowest BCUT2D eigenvalue weighted by Crippen LogP contribution is -2.81. The van der Waals surface area contributed by atoms with Gasteiger partial charge in [0.25, 0.3) is 0 Å². The summed E-state index contributed by atoms with van der Waals surface area (Å²) in [6, 6.07) is 23.3. The smallest absolute Gasteiger partial charge is 0.303 e. The van der Waals surface area contributed by atoms with Crippen LogP contribution in [0, 0.1) is 22.7 Å². The summed E-state index contributed by atoms with van der Waals surface area (Å²) in [6.45, 7) is 10.1. The van der Waals surface area contributed by atoms with Crippen LogP contribution >= 0.6 is 0 Å². The standard InChI is InChI=1S/C51H57NO12/c1-29-40(62-30(2)53)26-51(59)47(60-27-34-13-11-10-12-14-34)45-49(7,46(58)44(63-31(3)54)42(29)48(51,5)6)38(25-41-50(45,28-61-41)64-32(4)55)39(56)24-17-33-15-18-35(19-16-33)43(57)36-20-22-37(23-21-36)52(8)9/h10-24,38,40-41,44-45,47,59H,25-28H2,1-9H3/b24-17+/t38-,40+,41-,44-,45?,47+,49-,50+,51-/m1/s1. The number of aliphatic hydroxyl groups is 1. The van der Waals surface area contributed by atoms with Crippen LogP contribution in [0.1, 0.15) is 88.4 Å². The minimum absolute atomic E-state index is 0.0611. The first-order valence-corrected chi connectivity index (χ1v) is 21.6. The minimum Gasteiger partial charge on any atom is -0.458 e. The second kappa shape index (κ2) is 17.3. The number of nitrogens with zero attached hydrogens (tertiary/aromatic N) is 1. The van der Waals surface area contributed by atoms with Crippen molar-refractivity contribution in [2.45, 2.75) is 104 Å². The highest BCUT2D eigenvalue weighted by atomic mass is 16.6. The number of benzene rings is 3. The predicted molar refractivity (Wildman–Crippen MR) is 236 cm³/mol. The van der Waals surface area contributed by atoms with Crippen molar-refractivity contribution in [1.29, 1.82) is 0 Å². The van der Waals surface area contributed by atoms with E-state index in [4.69, 9.17) is 23.7 Å². The second-order valence-electron chi connectivity index (χ2n) is 18.5. The molecule has 0 spiro atoms. The molecule has 0 aromatic heterocycles. The molecule has 1 saturated heterocycles. The number of esters is 3. The van der Waals surface area contributed by atoms with Crippen LogP contribution in [0.3, 0.4) is 0 Å². The maximum absolute atomic E-state index is 16.0. The van der Waals surface area contributed by atoms with Gasteiger partial charge in [0.05, 0.1) is 19.3 Å². The van der Waals surface area contributed by atoms with Gasteiger partial charge in [0.15, 0.2) is 29.1 Å². The van der Waals surface area contributed by atoms with Gasteiger partial charge < -0.3 is 33.7 Å². The first kappa shape index (κ1) is 46.2. The molecule has 1 unspecified atom stereocenters. The first-order valence-electron chi connectivity index (χ1n) is 21.6. The number of ketones is 3. The molecule has 3 aliphatic carbocycles. The number of hydrogen-bond acceptors (Lipinski definition) is 13. The van der Waals surface area contributed by atoms with Crippen LogP contribution in [0.2, 0.25) is 0 Å². The van der Waals surface area contributed by atoms with E-state index in [1.807, 2.05) is 61.5 Å². The summed E-state index contributed by atoms with van der Waals surface area (Å²) in [5.41, 5.74) is -2.97. The van der Waals surface area contributed by atoms with Crippen molar-refractivity contribution in [3.63, 3.8) is 0 Å². The van der Waals surface area contributed by atoms with Crippen molar-refractivity contribution in [2.75, 3.05) is 25.6 Å². The lowest BCUT2D eigenvalue weighted by molar-refractivity contribution is -0.344. The van der Waals surface area contributed by atoms with Gasteiger partial charge in [-0.3, -0.25) is 28.8 Å². The van der Waals surface area contributed by atoms with Crippen LogP contribution in [0.15, 0.2) is 96.1 Å². The molecule has 0 amide bonds. The van der Waals surface area contributed by atoms with E-state index < -0.39 is 87.8 Å². The molecule has 3 aromatic carbocycles. The van der Waals surface area contributed by atoms with Gasteiger partial charge in [-0.2, -0.15) is 0 Å². The summed E-state index contributed by atoms with van der Waals surface area (Å²) < 4.78 is 31.2. The van der Waals surface area contributed by atoms with E-state index in [1.54, 1.807) is 70.2 Å². The maximum atomic E-state index is 16.0. The molecule has 3 aromatic rings. The normalized spacial score (nSPS) is 30.4. The Morgan fingerprint density at radius 3 is 2.00 bits per heavy atom. The number of fused-ring (bicyclic) bond motifs is 5. The molecule has 9 atom stereocenters. The van der Waals surface area contributed by atoms with E-state index in [9.17, 15) is 29.1 Å². The zero-order chi connectivity index (χ0) is 46.5. The molecule has 4 aliphatic rings. The summed E-state index contributed by atoms with van der Waals surface area (Å²) in [7, 11) is 3.84. The zero-order valence-electron chi connectivity index (χ0n) is 37.8. The number of carbonyl (C=O) groups excluding carboxylic acids is 6. The van der Waals surface area contributed by atoms with Crippen LogP contribution in [0.4, 0.5) is 5.69 Å². The molecule has 1 aliphatic heterocycles. The van der Waals surface area contributed by atoms with Gasteiger partial charge >= 0.3 is 17.9 Å². The van der Waals surface area contributed by atoms with E-state index in [0.717, 1.165) is 11.3 Å². The number of Topliss-reactive ketones (excluding diaryl/α,β-unsaturated/α-hetero) is 1. The van der Waals surface area contributed by atoms with Crippen molar-refractivity contribution in [2.24, 2.45) is 22.7 Å². The van der Waals surface area contributed by atoms with Crippen molar-refractivity contribution >= 4 is 47.0 Å². The zero-order valence-corrected chi connectivity index (χ0v) is 37.8. The lowest BCUT2D eigenvalue weighted by Gasteiger charge is -2.68. The van der Waals surface area contributed by atoms with Gasteiger partial charge in [-0.15, -0.1) is 0 Å². The number of anilines is 1. The van der Waals surface area contributed by atoms with Crippen LogP contribution in [-0.4, -0.2) is 96.7 Å². The summed E-state index contributed by atoms with van der Waals surface area (Å²) >= 11 is 0. The molecular formula is C51H57NO12. The Morgan fingerprint density at radius 1 is 0.844 bits per heavy atom. The molecule has 2 bridgehead atoms. The Kier molecular flexibility index (Phi) is 12.5. The Labute approximate surface area is 373 Å². The number of ether oxygens (including phenoxy) is 5. The van der Waals surface area contributed by atoms with E-state index in [2.05, 4.69) is 0 Å². The average Bonchev–Trinajstić information content (AvgIpc) is 3.23. The number of hydrogen-bond donors (Lipinski definition) is 1. The molecule has 1 heterocycles. The molecule has 1 N–H and O–H groups in total. The van der Waals surface area contributed by atoms with E-state index in [0.29, 0.717) is 22.3 Å². The van der Waals surface area contributed by atoms with Gasteiger partial charge in [0.1, 0.15) is 17.8 Å². The number of rotatable bonds is 12.